The van der Waals surface area contributed by atoms with Gasteiger partial charge in [0.2, 0.25) is 0 Å². The van der Waals surface area contributed by atoms with E-state index in [4.69, 9.17) is 16.3 Å². The molecule has 1 unspecified atom stereocenters. The lowest BCUT2D eigenvalue weighted by Crippen LogP contribution is -2.40. The zero-order chi connectivity index (χ0) is 13.1. The molecule has 0 saturated carbocycles. The molecule has 1 saturated heterocycles. The van der Waals surface area contributed by atoms with E-state index in [1.165, 1.54) is 0 Å². The van der Waals surface area contributed by atoms with Crippen molar-refractivity contribution in [1.29, 1.82) is 0 Å². The second-order valence-corrected chi connectivity index (χ2v) is 5.76. The normalized spacial score (nSPS) is 19.8. The number of hydrogen-bond donors (Lipinski definition) is 1. The topological polar surface area (TPSA) is 55.4 Å². The summed E-state index contributed by atoms with van der Waals surface area (Å²) in [6.07, 6.45) is 1.48. The van der Waals surface area contributed by atoms with E-state index in [0.717, 1.165) is 25.9 Å². The Kier molecular flexibility index (Phi) is 4.95. The van der Waals surface area contributed by atoms with Crippen LogP contribution in [0.5, 0.6) is 0 Å². The second kappa shape index (κ2) is 5.83. The number of nitrogens with one attached hydrogen (secondary N) is 1. The van der Waals surface area contributed by atoms with Gasteiger partial charge in [0, 0.05) is 5.92 Å². The molecule has 0 radical (unpaired) electrons. The number of ether oxygens (including phenoxy) is 1. The molecule has 1 aliphatic rings. The molecule has 1 N–H and O–H groups in total. The van der Waals surface area contributed by atoms with Crippen molar-refractivity contribution in [3.63, 3.8) is 0 Å². The molecule has 0 aromatic carbocycles. The van der Waals surface area contributed by atoms with E-state index in [-0.39, 0.29) is 11.7 Å². The lowest BCUT2D eigenvalue weighted by atomic mass is 9.92. The van der Waals surface area contributed by atoms with Crippen molar-refractivity contribution in [3.8, 4) is 0 Å². The predicted molar refractivity (Wildman–Crippen MR) is 66.1 cm³/mol. The summed E-state index contributed by atoms with van der Waals surface area (Å²) in [5.74, 6) is -0.962. The number of carbonyl (C=O) groups is 2. The van der Waals surface area contributed by atoms with Crippen LogP contribution in [0.4, 0.5) is 0 Å². The summed E-state index contributed by atoms with van der Waals surface area (Å²) in [4.78, 5) is 23.6. The monoisotopic (exact) mass is 261 g/mol. The highest BCUT2D eigenvalue weighted by Crippen LogP contribution is 2.19. The molecule has 0 bridgehead atoms. The Morgan fingerprint density at radius 2 is 1.82 bits per heavy atom. The smallest absolute Gasteiger partial charge is 0.332 e. The van der Waals surface area contributed by atoms with Gasteiger partial charge in [0.15, 0.2) is 11.2 Å². The fourth-order valence-corrected chi connectivity index (χ4v) is 2.01. The van der Waals surface area contributed by atoms with Crippen LogP contribution in [0.1, 0.15) is 33.6 Å². The number of halogens is 1. The molecule has 0 aliphatic carbocycles. The first kappa shape index (κ1) is 14.5. The second-order valence-electron chi connectivity index (χ2n) is 5.32. The summed E-state index contributed by atoms with van der Waals surface area (Å²) >= 11 is 5.88. The average molecular weight is 262 g/mol. The molecular weight excluding hydrogens is 242 g/mol. The van der Waals surface area contributed by atoms with Gasteiger partial charge in [-0.1, -0.05) is 0 Å². The van der Waals surface area contributed by atoms with Gasteiger partial charge >= 0.3 is 5.97 Å². The van der Waals surface area contributed by atoms with Gasteiger partial charge in [-0.2, -0.15) is 0 Å². The number of piperidine rings is 1. The van der Waals surface area contributed by atoms with Gasteiger partial charge in [0.1, 0.15) is 5.60 Å². The van der Waals surface area contributed by atoms with Gasteiger partial charge in [-0.3, -0.25) is 4.79 Å². The van der Waals surface area contributed by atoms with Crippen LogP contribution >= 0.6 is 11.6 Å². The minimum absolute atomic E-state index is 0.119. The van der Waals surface area contributed by atoms with Gasteiger partial charge in [-0.05, 0) is 46.7 Å². The molecule has 17 heavy (non-hydrogen) atoms. The van der Waals surface area contributed by atoms with Gasteiger partial charge in [-0.25, -0.2) is 4.79 Å². The summed E-state index contributed by atoms with van der Waals surface area (Å²) in [6.45, 7) is 6.86. The minimum Gasteiger partial charge on any atom is -0.459 e. The van der Waals surface area contributed by atoms with Crippen LogP contribution in [0, 0.1) is 5.92 Å². The molecule has 0 aromatic heterocycles. The summed E-state index contributed by atoms with van der Waals surface area (Å²) in [7, 11) is 0. The lowest BCUT2D eigenvalue weighted by Gasteiger charge is -2.25. The standard InChI is InChI=1S/C12H20ClNO3/c1-12(2,3)17-11(16)9(13)10(15)8-4-6-14-7-5-8/h8-9,14H,4-7H2,1-3H3. The van der Waals surface area contributed by atoms with E-state index in [9.17, 15) is 9.59 Å². The van der Waals surface area contributed by atoms with Crippen LogP contribution < -0.4 is 5.32 Å². The molecule has 0 spiro atoms. The summed E-state index contributed by atoms with van der Waals surface area (Å²) in [5.41, 5.74) is -0.612. The van der Waals surface area contributed by atoms with Crippen molar-refractivity contribution < 1.29 is 14.3 Å². The van der Waals surface area contributed by atoms with E-state index >= 15 is 0 Å². The SMILES string of the molecule is CC(C)(C)OC(=O)C(Cl)C(=O)C1CCNCC1. The van der Waals surface area contributed by atoms with Crippen LogP contribution in [0.2, 0.25) is 0 Å². The average Bonchev–Trinajstić information content (AvgIpc) is 2.26. The van der Waals surface area contributed by atoms with Gasteiger partial charge < -0.3 is 10.1 Å². The third-order valence-corrected chi connectivity index (χ3v) is 3.00. The van der Waals surface area contributed by atoms with Crippen molar-refractivity contribution >= 4 is 23.4 Å². The number of alkyl halides is 1. The Morgan fingerprint density at radius 3 is 2.29 bits per heavy atom. The first-order chi connectivity index (χ1) is 7.81. The van der Waals surface area contributed by atoms with Crippen LogP contribution in [-0.4, -0.2) is 35.8 Å². The number of carbonyl (C=O) groups excluding carboxylic acids is 2. The predicted octanol–water partition coefficient (Wildman–Crippen LogP) is 1.50. The quantitative estimate of drug-likeness (QED) is 0.475. The van der Waals surface area contributed by atoms with Crippen LogP contribution in [0.25, 0.3) is 0 Å². The molecule has 1 aliphatic heterocycles. The highest BCUT2D eigenvalue weighted by molar-refractivity contribution is 6.41. The Morgan fingerprint density at radius 1 is 1.29 bits per heavy atom. The zero-order valence-corrected chi connectivity index (χ0v) is 11.3. The van der Waals surface area contributed by atoms with Crippen molar-refractivity contribution in [3.05, 3.63) is 0 Å². The van der Waals surface area contributed by atoms with Crippen molar-refractivity contribution in [2.24, 2.45) is 5.92 Å². The number of rotatable bonds is 3. The van der Waals surface area contributed by atoms with E-state index in [1.807, 2.05) is 0 Å². The highest BCUT2D eigenvalue weighted by Gasteiger charge is 2.34. The summed E-state index contributed by atoms with van der Waals surface area (Å²) in [6, 6.07) is 0. The van der Waals surface area contributed by atoms with E-state index in [1.54, 1.807) is 20.8 Å². The summed E-state index contributed by atoms with van der Waals surface area (Å²) < 4.78 is 5.10. The lowest BCUT2D eigenvalue weighted by molar-refractivity contribution is -0.156. The fourth-order valence-electron chi connectivity index (χ4n) is 1.78. The molecule has 1 fully saturated rings. The fraction of sp³-hybridized carbons (Fsp3) is 0.833. The Hall–Kier alpha value is -0.610. The highest BCUT2D eigenvalue weighted by atomic mass is 35.5. The summed E-state index contributed by atoms with van der Waals surface area (Å²) in [5, 5.41) is 2.00. The Bertz CT molecular complexity index is 293. The Labute approximate surface area is 107 Å². The molecule has 1 rings (SSSR count). The number of hydrogen-bond acceptors (Lipinski definition) is 4. The molecule has 5 heteroatoms. The van der Waals surface area contributed by atoms with Crippen molar-refractivity contribution in [2.45, 2.75) is 44.6 Å². The molecule has 1 atom stereocenters. The van der Waals surface area contributed by atoms with E-state index in [0.29, 0.717) is 0 Å². The van der Waals surface area contributed by atoms with Gasteiger partial charge in [-0.15, -0.1) is 11.6 Å². The Balaban J connectivity index is 2.53. The largest absolute Gasteiger partial charge is 0.459 e. The van der Waals surface area contributed by atoms with E-state index < -0.39 is 16.9 Å². The molecule has 4 nitrogen and oxygen atoms in total. The van der Waals surface area contributed by atoms with Gasteiger partial charge in [0.05, 0.1) is 0 Å². The third kappa shape index (κ3) is 4.64. The first-order valence-corrected chi connectivity index (χ1v) is 6.36. The maximum absolute atomic E-state index is 12.0. The zero-order valence-electron chi connectivity index (χ0n) is 10.6. The maximum Gasteiger partial charge on any atom is 0.332 e. The number of Topliss-reactive ketones (excluding diaryl/α,β-unsaturated/α-hetero) is 1. The van der Waals surface area contributed by atoms with Crippen LogP contribution in [0.15, 0.2) is 0 Å². The van der Waals surface area contributed by atoms with Crippen LogP contribution in [0.3, 0.4) is 0 Å². The third-order valence-electron chi connectivity index (χ3n) is 2.61. The van der Waals surface area contributed by atoms with Crippen LogP contribution in [-0.2, 0) is 14.3 Å². The van der Waals surface area contributed by atoms with E-state index in [2.05, 4.69) is 5.32 Å². The van der Waals surface area contributed by atoms with Crippen molar-refractivity contribution in [2.75, 3.05) is 13.1 Å². The molecule has 0 aromatic rings. The van der Waals surface area contributed by atoms with Crippen molar-refractivity contribution in [1.82, 2.24) is 5.32 Å². The molecule has 1 heterocycles. The first-order valence-electron chi connectivity index (χ1n) is 5.92. The number of esters is 1. The maximum atomic E-state index is 12.0. The molecular formula is C12H20ClNO3. The minimum atomic E-state index is -1.17. The number of ketones is 1. The molecule has 98 valence electrons. The van der Waals surface area contributed by atoms with Gasteiger partial charge in [0.25, 0.3) is 0 Å². The molecule has 0 amide bonds.